The highest BCUT2D eigenvalue weighted by Crippen LogP contribution is 2.37. The van der Waals surface area contributed by atoms with Crippen LogP contribution in [0.5, 0.6) is 0 Å². The van der Waals surface area contributed by atoms with E-state index in [0.717, 1.165) is 17.7 Å². The molecule has 194 valence electrons. The topological polar surface area (TPSA) is 139 Å². The summed E-state index contributed by atoms with van der Waals surface area (Å²) >= 11 is 1.43. The lowest BCUT2D eigenvalue weighted by Gasteiger charge is -2.50. The Balaban J connectivity index is 1.34. The van der Waals surface area contributed by atoms with E-state index >= 15 is 0 Å². The van der Waals surface area contributed by atoms with Crippen LogP contribution in [0.15, 0.2) is 53.2 Å². The number of rotatable bonds is 8. The number of fused-ring (bicyclic) bond motifs is 1. The summed E-state index contributed by atoms with van der Waals surface area (Å²) in [6.45, 7) is 1.21. The Hall–Kier alpha value is -3.58. The van der Waals surface area contributed by atoms with Gasteiger partial charge in [0.1, 0.15) is 18.0 Å². The maximum Gasteiger partial charge on any atom is 0.357 e. The molecular weight excluding hydrogens is 520 g/mol. The van der Waals surface area contributed by atoms with Gasteiger partial charge in [-0.25, -0.2) is 4.79 Å². The number of carbonyl (C=O) groups excluding carboxylic acids is 3. The van der Waals surface area contributed by atoms with Crippen molar-refractivity contribution >= 4 is 45.6 Å². The lowest BCUT2D eigenvalue weighted by Crippen LogP contribution is -2.74. The lowest BCUT2D eigenvalue weighted by molar-refractivity contribution is -0.384. The smallest absolute Gasteiger partial charge is 0.357 e. The third kappa shape index (κ3) is 5.01. The third-order valence-electron chi connectivity index (χ3n) is 6.54. The minimum absolute atomic E-state index is 0.0576. The Morgan fingerprint density at radius 2 is 1.92 bits per heavy atom. The summed E-state index contributed by atoms with van der Waals surface area (Å²) in [6.07, 6.45) is 1.94. The number of hydrogen-bond donors (Lipinski definition) is 1. The summed E-state index contributed by atoms with van der Waals surface area (Å²) in [5, 5.41) is 14.6. The van der Waals surface area contributed by atoms with E-state index in [1.54, 1.807) is 0 Å². The number of hydrogen-bond acceptors (Lipinski definition) is 9. The van der Waals surface area contributed by atoms with Gasteiger partial charge < -0.3 is 15.0 Å². The zero-order chi connectivity index (χ0) is 26.1. The molecule has 3 aliphatic heterocycles. The SMILES string of the molecule is O=C(Cc1cccs1)N[C@@H]1C(=O)N2C(C(=O)OCc3ccc([N+](=O)[O-])cc3)=C(N3CCCC3)CS(=O)[C@H]12. The highest BCUT2D eigenvalue weighted by molar-refractivity contribution is 7.86. The number of thiophene rings is 1. The molecule has 0 radical (unpaired) electrons. The summed E-state index contributed by atoms with van der Waals surface area (Å²) in [6, 6.07) is 8.30. The molecule has 13 heteroatoms. The van der Waals surface area contributed by atoms with Crippen LogP contribution in [0.4, 0.5) is 5.69 Å². The van der Waals surface area contributed by atoms with Gasteiger partial charge >= 0.3 is 5.97 Å². The van der Waals surface area contributed by atoms with Crippen LogP contribution in [-0.2, 0) is 42.9 Å². The number of non-ortho nitro benzene ring substituents is 1. The second-order valence-corrected chi connectivity index (χ2v) is 11.5. The number of esters is 1. The van der Waals surface area contributed by atoms with Crippen LogP contribution in [0.3, 0.4) is 0 Å². The van der Waals surface area contributed by atoms with E-state index in [0.29, 0.717) is 24.4 Å². The van der Waals surface area contributed by atoms with Crippen molar-refractivity contribution in [2.45, 2.75) is 37.3 Å². The molecule has 0 spiro atoms. The maximum absolute atomic E-state index is 13.3. The van der Waals surface area contributed by atoms with Crippen molar-refractivity contribution in [2.24, 2.45) is 0 Å². The van der Waals surface area contributed by atoms with Gasteiger partial charge in [-0.1, -0.05) is 6.07 Å². The molecule has 3 atom stereocenters. The molecule has 1 aromatic carbocycles. The second kappa shape index (κ2) is 10.4. The molecular formula is C24H24N4O7S2. The fourth-order valence-corrected chi connectivity index (χ4v) is 7.10. The number of β-lactam (4-membered cyclic amide) rings is 1. The Labute approximate surface area is 218 Å². The number of likely N-dealkylation sites (tertiary alicyclic amines) is 1. The molecule has 37 heavy (non-hydrogen) atoms. The number of nitrogens with zero attached hydrogens (tertiary/aromatic N) is 3. The van der Waals surface area contributed by atoms with Crippen LogP contribution in [-0.4, -0.2) is 67.0 Å². The highest BCUT2D eigenvalue weighted by Gasteiger charge is 2.58. The molecule has 2 aromatic rings. The van der Waals surface area contributed by atoms with Gasteiger partial charge in [0.25, 0.3) is 11.6 Å². The molecule has 3 aliphatic rings. The van der Waals surface area contributed by atoms with Crippen molar-refractivity contribution in [1.82, 2.24) is 15.1 Å². The fourth-order valence-electron chi connectivity index (χ4n) is 4.70. The summed E-state index contributed by atoms with van der Waals surface area (Å²) in [7, 11) is -1.52. The Morgan fingerprint density at radius 1 is 1.19 bits per heavy atom. The van der Waals surface area contributed by atoms with Crippen LogP contribution in [0.25, 0.3) is 0 Å². The number of benzene rings is 1. The van der Waals surface area contributed by atoms with Crippen LogP contribution in [0.2, 0.25) is 0 Å². The quantitative estimate of drug-likeness (QED) is 0.229. The number of nitro benzene ring substituents is 1. The number of amides is 2. The van der Waals surface area contributed by atoms with Crippen molar-refractivity contribution in [2.75, 3.05) is 18.8 Å². The summed E-state index contributed by atoms with van der Waals surface area (Å²) in [4.78, 5) is 53.4. The van der Waals surface area contributed by atoms with Crippen LogP contribution in [0.1, 0.15) is 23.3 Å². The molecule has 2 fully saturated rings. The maximum atomic E-state index is 13.3. The van der Waals surface area contributed by atoms with Gasteiger partial charge in [-0.3, -0.25) is 28.8 Å². The normalized spacial score (nSPS) is 22.9. The summed E-state index contributed by atoms with van der Waals surface area (Å²) in [5.41, 5.74) is 1.04. The van der Waals surface area contributed by atoms with E-state index in [-0.39, 0.29) is 36.1 Å². The molecule has 11 nitrogen and oxygen atoms in total. The first-order chi connectivity index (χ1) is 17.8. The first-order valence-corrected chi connectivity index (χ1v) is 14.0. The zero-order valence-corrected chi connectivity index (χ0v) is 21.3. The van der Waals surface area contributed by atoms with Crippen molar-refractivity contribution in [3.05, 3.63) is 73.7 Å². The monoisotopic (exact) mass is 544 g/mol. The molecule has 1 aromatic heterocycles. The predicted octanol–water partition coefficient (Wildman–Crippen LogP) is 1.66. The molecule has 0 aliphatic carbocycles. The molecule has 2 amide bonds. The molecule has 1 N–H and O–H groups in total. The van der Waals surface area contributed by atoms with Crippen LogP contribution >= 0.6 is 11.3 Å². The van der Waals surface area contributed by atoms with Gasteiger partial charge in [-0.15, -0.1) is 11.3 Å². The van der Waals surface area contributed by atoms with Crippen LogP contribution in [0, 0.1) is 10.1 Å². The Kier molecular flexibility index (Phi) is 7.07. The molecule has 5 rings (SSSR count). The fraction of sp³-hybridized carbons (Fsp3) is 0.375. The van der Waals surface area contributed by atoms with Crippen molar-refractivity contribution in [3.8, 4) is 0 Å². The second-order valence-electron chi connectivity index (χ2n) is 8.91. The number of carbonyl (C=O) groups is 3. The van der Waals surface area contributed by atoms with Crippen molar-refractivity contribution < 1.29 is 28.3 Å². The first kappa shape index (κ1) is 25.1. The zero-order valence-electron chi connectivity index (χ0n) is 19.7. The summed E-state index contributed by atoms with van der Waals surface area (Å²) < 4.78 is 18.7. The molecule has 1 unspecified atom stereocenters. The van der Waals surface area contributed by atoms with Gasteiger partial charge in [-0.2, -0.15) is 0 Å². The first-order valence-electron chi connectivity index (χ1n) is 11.7. The van der Waals surface area contributed by atoms with Gasteiger partial charge in [0.15, 0.2) is 5.70 Å². The van der Waals surface area contributed by atoms with E-state index < -0.39 is 39.0 Å². The van der Waals surface area contributed by atoms with E-state index in [2.05, 4.69) is 5.32 Å². The largest absolute Gasteiger partial charge is 0.456 e. The molecule has 0 saturated carbocycles. The lowest BCUT2D eigenvalue weighted by atomic mass is 10.0. The minimum atomic E-state index is -1.52. The number of nitrogens with one attached hydrogen (secondary N) is 1. The van der Waals surface area contributed by atoms with E-state index in [9.17, 15) is 28.7 Å². The average molecular weight is 545 g/mol. The van der Waals surface area contributed by atoms with Crippen LogP contribution < -0.4 is 5.32 Å². The standard InChI is InChI=1S/C24H24N4O7S2/c29-19(12-17-4-3-11-36-17)25-20-22(30)27-21(18(14-37(34)23(20)27)26-9-1-2-10-26)24(31)35-13-15-5-7-16(8-6-15)28(32)33/h3-8,11,20,23H,1-2,9-10,12-14H2,(H,25,29)/t20-,23-,37?/m1/s1. The van der Waals surface area contributed by atoms with E-state index in [4.69, 9.17) is 4.74 Å². The molecule has 0 bridgehead atoms. The van der Waals surface area contributed by atoms with Gasteiger partial charge in [0.2, 0.25) is 5.91 Å². The van der Waals surface area contributed by atoms with E-state index in [1.165, 1.54) is 40.5 Å². The Morgan fingerprint density at radius 3 is 2.57 bits per heavy atom. The number of ether oxygens (including phenoxy) is 1. The van der Waals surface area contributed by atoms with Gasteiger partial charge in [-0.05, 0) is 42.0 Å². The number of nitro groups is 1. The average Bonchev–Trinajstić information content (AvgIpc) is 3.60. The van der Waals surface area contributed by atoms with Crippen molar-refractivity contribution in [3.63, 3.8) is 0 Å². The summed E-state index contributed by atoms with van der Waals surface area (Å²) in [5.74, 6) is -1.52. The molecule has 4 heterocycles. The van der Waals surface area contributed by atoms with Gasteiger partial charge in [0.05, 0.1) is 33.6 Å². The highest BCUT2D eigenvalue weighted by atomic mass is 32.2. The Bertz CT molecular complexity index is 1290. The predicted molar refractivity (Wildman–Crippen MR) is 134 cm³/mol. The minimum Gasteiger partial charge on any atom is -0.456 e. The van der Waals surface area contributed by atoms with E-state index in [1.807, 2.05) is 22.4 Å². The third-order valence-corrected chi connectivity index (χ3v) is 8.99. The van der Waals surface area contributed by atoms with Crippen molar-refractivity contribution in [1.29, 1.82) is 0 Å². The van der Waals surface area contributed by atoms with Gasteiger partial charge in [0, 0.05) is 30.1 Å². The molecule has 2 saturated heterocycles.